The Labute approximate surface area is 119 Å². The van der Waals surface area contributed by atoms with E-state index < -0.39 is 0 Å². The molecule has 0 saturated heterocycles. The van der Waals surface area contributed by atoms with Gasteiger partial charge in [0.2, 0.25) is 0 Å². The van der Waals surface area contributed by atoms with E-state index in [4.69, 9.17) is 0 Å². The molecular formula is C16H19N3O. The lowest BCUT2D eigenvalue weighted by atomic mass is 10.1. The summed E-state index contributed by atoms with van der Waals surface area (Å²) in [6, 6.07) is 9.86. The van der Waals surface area contributed by atoms with Crippen molar-refractivity contribution in [3.63, 3.8) is 0 Å². The lowest BCUT2D eigenvalue weighted by molar-refractivity contribution is 0.0951. The maximum Gasteiger partial charge on any atom is 0.253 e. The van der Waals surface area contributed by atoms with Crippen LogP contribution in [0.15, 0.2) is 42.7 Å². The summed E-state index contributed by atoms with van der Waals surface area (Å²) in [6.45, 7) is 2.65. The number of nitrogens with one attached hydrogen (secondary N) is 2. The molecule has 20 heavy (non-hydrogen) atoms. The molecule has 0 fully saturated rings. The van der Waals surface area contributed by atoms with Crippen LogP contribution in [0.3, 0.4) is 0 Å². The SMILES string of the molecule is CCc1ccccc1CNC(=O)c1ccncc1NC. The summed E-state index contributed by atoms with van der Waals surface area (Å²) in [4.78, 5) is 16.2. The van der Waals surface area contributed by atoms with E-state index in [2.05, 4.69) is 28.6 Å². The number of carbonyl (C=O) groups is 1. The van der Waals surface area contributed by atoms with E-state index in [1.807, 2.05) is 18.2 Å². The fourth-order valence-electron chi connectivity index (χ4n) is 2.14. The smallest absolute Gasteiger partial charge is 0.253 e. The Morgan fingerprint density at radius 2 is 1.95 bits per heavy atom. The van der Waals surface area contributed by atoms with Gasteiger partial charge in [-0.2, -0.15) is 0 Å². The summed E-state index contributed by atoms with van der Waals surface area (Å²) < 4.78 is 0. The molecule has 0 spiro atoms. The molecule has 4 heteroatoms. The minimum Gasteiger partial charge on any atom is -0.386 e. The van der Waals surface area contributed by atoms with Gasteiger partial charge in [0.25, 0.3) is 5.91 Å². The minimum absolute atomic E-state index is 0.0948. The van der Waals surface area contributed by atoms with Gasteiger partial charge in [0, 0.05) is 19.8 Å². The summed E-state index contributed by atoms with van der Waals surface area (Å²) in [5, 5.41) is 5.93. The van der Waals surface area contributed by atoms with Crippen LogP contribution in [0, 0.1) is 0 Å². The highest BCUT2D eigenvalue weighted by molar-refractivity contribution is 5.99. The van der Waals surface area contributed by atoms with Crippen molar-refractivity contribution in [2.45, 2.75) is 19.9 Å². The molecule has 2 N–H and O–H groups in total. The third-order valence-corrected chi connectivity index (χ3v) is 3.27. The Morgan fingerprint density at radius 3 is 2.65 bits per heavy atom. The molecule has 0 radical (unpaired) electrons. The van der Waals surface area contributed by atoms with Crippen LogP contribution in [-0.2, 0) is 13.0 Å². The van der Waals surface area contributed by atoms with Crippen LogP contribution in [0.1, 0.15) is 28.4 Å². The van der Waals surface area contributed by atoms with Crippen LogP contribution >= 0.6 is 0 Å². The number of hydrogen-bond acceptors (Lipinski definition) is 3. The highest BCUT2D eigenvalue weighted by atomic mass is 16.1. The third-order valence-electron chi connectivity index (χ3n) is 3.27. The average Bonchev–Trinajstić information content (AvgIpc) is 2.52. The van der Waals surface area contributed by atoms with E-state index in [0.29, 0.717) is 12.1 Å². The molecule has 0 aliphatic carbocycles. The van der Waals surface area contributed by atoms with Gasteiger partial charge in [0.1, 0.15) is 0 Å². The second-order valence-electron chi connectivity index (χ2n) is 4.48. The molecule has 0 aliphatic rings. The van der Waals surface area contributed by atoms with Crippen molar-refractivity contribution >= 4 is 11.6 Å². The van der Waals surface area contributed by atoms with Crippen LogP contribution in [0.25, 0.3) is 0 Å². The molecule has 104 valence electrons. The Balaban J connectivity index is 2.09. The fourth-order valence-corrected chi connectivity index (χ4v) is 2.14. The van der Waals surface area contributed by atoms with Crippen LogP contribution in [-0.4, -0.2) is 17.9 Å². The number of anilines is 1. The lowest BCUT2D eigenvalue weighted by Crippen LogP contribution is -2.24. The van der Waals surface area contributed by atoms with Gasteiger partial charge in [-0.1, -0.05) is 31.2 Å². The van der Waals surface area contributed by atoms with Crippen molar-refractivity contribution < 1.29 is 4.79 Å². The number of aryl methyl sites for hydroxylation is 1. The summed E-state index contributed by atoms with van der Waals surface area (Å²) in [6.07, 6.45) is 4.23. The van der Waals surface area contributed by atoms with Gasteiger partial charge in [-0.05, 0) is 23.6 Å². The zero-order chi connectivity index (χ0) is 14.4. The highest BCUT2D eigenvalue weighted by Gasteiger charge is 2.10. The number of hydrogen-bond donors (Lipinski definition) is 2. The molecule has 4 nitrogen and oxygen atoms in total. The van der Waals surface area contributed by atoms with Gasteiger partial charge in [0.15, 0.2) is 0 Å². The molecule has 1 aromatic heterocycles. The van der Waals surface area contributed by atoms with E-state index in [0.717, 1.165) is 17.7 Å². The first-order valence-corrected chi connectivity index (χ1v) is 6.73. The molecule has 0 bridgehead atoms. The summed E-state index contributed by atoms with van der Waals surface area (Å²) >= 11 is 0. The lowest BCUT2D eigenvalue weighted by Gasteiger charge is -2.11. The van der Waals surface area contributed by atoms with Gasteiger partial charge >= 0.3 is 0 Å². The molecule has 2 rings (SSSR count). The monoisotopic (exact) mass is 269 g/mol. The summed E-state index contributed by atoms with van der Waals surface area (Å²) in [5.41, 5.74) is 3.75. The molecule has 1 aromatic carbocycles. The van der Waals surface area contributed by atoms with Crippen molar-refractivity contribution in [2.75, 3.05) is 12.4 Å². The van der Waals surface area contributed by atoms with Gasteiger partial charge in [-0.3, -0.25) is 9.78 Å². The van der Waals surface area contributed by atoms with Crippen molar-refractivity contribution in [3.05, 3.63) is 59.4 Å². The molecule has 0 saturated carbocycles. The Morgan fingerprint density at radius 1 is 1.20 bits per heavy atom. The van der Waals surface area contributed by atoms with E-state index in [1.165, 1.54) is 5.56 Å². The first-order chi connectivity index (χ1) is 9.76. The van der Waals surface area contributed by atoms with Gasteiger partial charge in [-0.15, -0.1) is 0 Å². The molecule has 0 unspecified atom stereocenters. The number of amides is 1. The maximum absolute atomic E-state index is 12.2. The second kappa shape index (κ2) is 6.70. The predicted molar refractivity (Wildman–Crippen MR) is 80.8 cm³/mol. The summed E-state index contributed by atoms with van der Waals surface area (Å²) in [7, 11) is 1.78. The number of carbonyl (C=O) groups excluding carboxylic acids is 1. The molecule has 0 atom stereocenters. The molecule has 1 amide bonds. The van der Waals surface area contributed by atoms with Crippen LogP contribution in [0.2, 0.25) is 0 Å². The van der Waals surface area contributed by atoms with E-state index >= 15 is 0 Å². The van der Waals surface area contributed by atoms with Crippen molar-refractivity contribution in [1.29, 1.82) is 0 Å². The quantitative estimate of drug-likeness (QED) is 0.877. The number of pyridine rings is 1. The van der Waals surface area contributed by atoms with Gasteiger partial charge < -0.3 is 10.6 Å². The molecule has 2 aromatic rings. The highest BCUT2D eigenvalue weighted by Crippen LogP contribution is 2.13. The van der Waals surface area contributed by atoms with Crippen LogP contribution in [0.4, 0.5) is 5.69 Å². The summed E-state index contributed by atoms with van der Waals surface area (Å²) in [5.74, 6) is -0.0948. The molecule has 0 aliphatic heterocycles. The van der Waals surface area contributed by atoms with Crippen LogP contribution < -0.4 is 10.6 Å². The molecular weight excluding hydrogens is 250 g/mol. The number of aromatic nitrogens is 1. The van der Waals surface area contributed by atoms with Gasteiger partial charge in [-0.25, -0.2) is 0 Å². The maximum atomic E-state index is 12.2. The third kappa shape index (κ3) is 3.15. The van der Waals surface area contributed by atoms with Gasteiger partial charge in [0.05, 0.1) is 17.4 Å². The topological polar surface area (TPSA) is 54.0 Å². The first kappa shape index (κ1) is 14.1. The Bertz CT molecular complexity index is 596. The second-order valence-corrected chi connectivity index (χ2v) is 4.48. The Kier molecular flexibility index (Phi) is 4.71. The largest absolute Gasteiger partial charge is 0.386 e. The number of benzene rings is 1. The number of nitrogens with zero attached hydrogens (tertiary/aromatic N) is 1. The van der Waals surface area contributed by atoms with Crippen molar-refractivity contribution in [1.82, 2.24) is 10.3 Å². The fraction of sp³-hybridized carbons (Fsp3) is 0.250. The number of rotatable bonds is 5. The first-order valence-electron chi connectivity index (χ1n) is 6.73. The van der Waals surface area contributed by atoms with E-state index in [-0.39, 0.29) is 5.91 Å². The standard InChI is InChI=1S/C16H19N3O/c1-3-12-6-4-5-7-13(12)10-19-16(20)14-8-9-18-11-15(14)17-2/h4-9,11,17H,3,10H2,1-2H3,(H,19,20). The van der Waals surface area contributed by atoms with Crippen LogP contribution in [0.5, 0.6) is 0 Å². The Hall–Kier alpha value is -2.36. The van der Waals surface area contributed by atoms with E-state index in [9.17, 15) is 4.79 Å². The zero-order valence-electron chi connectivity index (χ0n) is 11.8. The van der Waals surface area contributed by atoms with E-state index in [1.54, 1.807) is 25.5 Å². The van der Waals surface area contributed by atoms with Crippen molar-refractivity contribution in [3.8, 4) is 0 Å². The average molecular weight is 269 g/mol. The zero-order valence-corrected chi connectivity index (χ0v) is 11.8. The minimum atomic E-state index is -0.0948. The molecule has 1 heterocycles. The van der Waals surface area contributed by atoms with Crippen molar-refractivity contribution in [2.24, 2.45) is 0 Å². The normalized spacial score (nSPS) is 10.1. The predicted octanol–water partition coefficient (Wildman–Crippen LogP) is 2.62.